The zero-order valence-corrected chi connectivity index (χ0v) is 15.6. The molecule has 27 heavy (non-hydrogen) atoms. The number of nitrogens with zero attached hydrogens (tertiary/aromatic N) is 3. The van der Waals surface area contributed by atoms with Gasteiger partial charge in [-0.3, -0.25) is 9.78 Å². The summed E-state index contributed by atoms with van der Waals surface area (Å²) < 4.78 is 5.29. The van der Waals surface area contributed by atoms with Crippen molar-refractivity contribution in [3.63, 3.8) is 0 Å². The number of benzene rings is 1. The third kappa shape index (κ3) is 3.50. The molecule has 6 nitrogen and oxygen atoms in total. The summed E-state index contributed by atoms with van der Waals surface area (Å²) in [6.07, 6.45) is 4.62. The molecule has 0 spiro atoms. The van der Waals surface area contributed by atoms with Crippen LogP contribution in [0.25, 0.3) is 21.9 Å². The van der Waals surface area contributed by atoms with Gasteiger partial charge in [-0.05, 0) is 60.9 Å². The summed E-state index contributed by atoms with van der Waals surface area (Å²) in [4.78, 5) is 17.6. The smallest absolute Gasteiger partial charge is 0.256 e. The van der Waals surface area contributed by atoms with E-state index >= 15 is 0 Å². The number of aromatic nitrogens is 3. The van der Waals surface area contributed by atoms with E-state index in [1.165, 1.54) is 17.7 Å². The first-order valence-electron chi connectivity index (χ1n) is 8.31. The molecule has 1 N–H and O–H groups in total. The van der Waals surface area contributed by atoms with Crippen LogP contribution in [0.15, 0.2) is 59.6 Å². The maximum atomic E-state index is 12.5. The van der Waals surface area contributed by atoms with Gasteiger partial charge < -0.3 is 9.73 Å². The Kier molecular flexibility index (Phi) is 4.52. The number of rotatable bonds is 4. The van der Waals surface area contributed by atoms with E-state index in [0.717, 1.165) is 32.1 Å². The van der Waals surface area contributed by atoms with Crippen molar-refractivity contribution < 1.29 is 9.21 Å². The zero-order chi connectivity index (χ0) is 18.8. The van der Waals surface area contributed by atoms with Crippen LogP contribution in [0, 0.1) is 13.8 Å². The Balaban J connectivity index is 1.60. The zero-order valence-electron chi connectivity index (χ0n) is 14.8. The molecule has 0 aliphatic heterocycles. The van der Waals surface area contributed by atoms with E-state index in [4.69, 9.17) is 4.42 Å². The molecule has 1 amide bonds. The number of aryl methyl sites for hydroxylation is 2. The predicted octanol–water partition coefficient (Wildman–Crippen LogP) is 4.73. The van der Waals surface area contributed by atoms with Gasteiger partial charge in [0.15, 0.2) is 0 Å². The van der Waals surface area contributed by atoms with Crippen LogP contribution in [0.4, 0.5) is 5.00 Å². The highest BCUT2D eigenvalue weighted by molar-refractivity contribution is 7.19. The summed E-state index contributed by atoms with van der Waals surface area (Å²) in [5.41, 5.74) is 4.52. The molecule has 134 valence electrons. The first-order chi connectivity index (χ1) is 13.1. The van der Waals surface area contributed by atoms with Gasteiger partial charge in [0, 0.05) is 28.4 Å². The van der Waals surface area contributed by atoms with Gasteiger partial charge in [-0.2, -0.15) is 0 Å². The lowest BCUT2D eigenvalue weighted by Crippen LogP contribution is -2.12. The fourth-order valence-electron chi connectivity index (χ4n) is 2.78. The van der Waals surface area contributed by atoms with Gasteiger partial charge in [0.1, 0.15) is 0 Å². The van der Waals surface area contributed by atoms with E-state index in [9.17, 15) is 4.79 Å². The van der Waals surface area contributed by atoms with Crippen LogP contribution in [0.2, 0.25) is 0 Å². The van der Waals surface area contributed by atoms with Crippen LogP contribution in [0.5, 0.6) is 0 Å². The van der Waals surface area contributed by atoms with E-state index in [0.29, 0.717) is 11.5 Å². The lowest BCUT2D eigenvalue weighted by molar-refractivity contribution is 0.102. The largest absolute Gasteiger partial charge is 0.423 e. The van der Waals surface area contributed by atoms with Gasteiger partial charge in [-0.25, -0.2) is 0 Å². The number of anilines is 1. The number of carbonyl (C=O) groups is 1. The highest BCUT2D eigenvalue weighted by Gasteiger charge is 2.13. The second-order valence-corrected chi connectivity index (χ2v) is 7.17. The minimum atomic E-state index is -0.139. The Labute approximate surface area is 159 Å². The number of thiophene rings is 1. The van der Waals surface area contributed by atoms with Gasteiger partial charge in [0.25, 0.3) is 5.91 Å². The van der Waals surface area contributed by atoms with Gasteiger partial charge in [-0.15, -0.1) is 21.5 Å². The summed E-state index contributed by atoms with van der Waals surface area (Å²) in [6, 6.07) is 11.6. The van der Waals surface area contributed by atoms with Crippen molar-refractivity contribution in [1.82, 2.24) is 15.2 Å². The number of amides is 1. The average Bonchev–Trinajstić information content (AvgIpc) is 3.34. The summed E-state index contributed by atoms with van der Waals surface area (Å²) in [5, 5.41) is 11.4. The molecule has 0 aliphatic rings. The van der Waals surface area contributed by atoms with E-state index in [1.54, 1.807) is 18.5 Å². The minimum Gasteiger partial charge on any atom is -0.423 e. The summed E-state index contributed by atoms with van der Waals surface area (Å²) in [6.45, 7) is 3.92. The van der Waals surface area contributed by atoms with Crippen LogP contribution < -0.4 is 5.32 Å². The molecule has 0 radical (unpaired) electrons. The van der Waals surface area contributed by atoms with Crippen molar-refractivity contribution in [2.75, 3.05) is 5.32 Å². The molecule has 0 atom stereocenters. The maximum absolute atomic E-state index is 12.5. The van der Waals surface area contributed by atoms with Crippen LogP contribution in [0.1, 0.15) is 21.5 Å². The fourth-order valence-corrected chi connectivity index (χ4v) is 3.76. The molecule has 0 unspecified atom stereocenters. The summed E-state index contributed by atoms with van der Waals surface area (Å²) in [5.74, 6) is 0.342. The van der Waals surface area contributed by atoms with Crippen molar-refractivity contribution in [1.29, 1.82) is 0 Å². The Morgan fingerprint density at radius 1 is 1.11 bits per heavy atom. The Morgan fingerprint density at radius 3 is 2.78 bits per heavy atom. The van der Waals surface area contributed by atoms with Crippen molar-refractivity contribution in [3.8, 4) is 21.9 Å². The predicted molar refractivity (Wildman–Crippen MR) is 105 cm³/mol. The number of hydrogen-bond donors (Lipinski definition) is 1. The molecular weight excluding hydrogens is 360 g/mol. The average molecular weight is 376 g/mol. The van der Waals surface area contributed by atoms with Crippen molar-refractivity contribution in [2.24, 2.45) is 0 Å². The van der Waals surface area contributed by atoms with Crippen LogP contribution >= 0.6 is 11.3 Å². The Morgan fingerprint density at radius 2 is 2.00 bits per heavy atom. The quantitative estimate of drug-likeness (QED) is 0.557. The molecule has 3 aromatic heterocycles. The van der Waals surface area contributed by atoms with E-state index in [2.05, 4.69) is 20.5 Å². The molecule has 0 saturated carbocycles. The van der Waals surface area contributed by atoms with E-state index in [1.807, 2.05) is 44.2 Å². The molecule has 0 bridgehead atoms. The number of nitrogens with one attached hydrogen (secondary N) is 1. The first kappa shape index (κ1) is 17.1. The standard InChI is InChI=1S/C20H16N4O2S/c1-12-3-4-14(20-24-22-11-26-20)9-16(12)17-5-6-18(27-17)23-19(25)15-7-8-21-10-13(15)2/h3-11H,1-2H3,(H,23,25). The van der Waals surface area contributed by atoms with E-state index in [-0.39, 0.29) is 5.91 Å². The number of pyridine rings is 1. The van der Waals surface area contributed by atoms with Gasteiger partial charge in [0.05, 0.1) is 5.00 Å². The Hall–Kier alpha value is -3.32. The molecule has 4 rings (SSSR count). The molecule has 0 aliphatic carbocycles. The second kappa shape index (κ2) is 7.13. The van der Waals surface area contributed by atoms with Gasteiger partial charge >= 0.3 is 0 Å². The van der Waals surface area contributed by atoms with Crippen molar-refractivity contribution in [3.05, 3.63) is 71.9 Å². The van der Waals surface area contributed by atoms with Crippen molar-refractivity contribution >= 4 is 22.2 Å². The number of carbonyl (C=O) groups excluding carboxylic acids is 1. The monoisotopic (exact) mass is 376 g/mol. The molecular formula is C20H16N4O2S. The highest BCUT2D eigenvalue weighted by Crippen LogP contribution is 2.35. The summed E-state index contributed by atoms with van der Waals surface area (Å²) >= 11 is 1.52. The topological polar surface area (TPSA) is 80.9 Å². The van der Waals surface area contributed by atoms with Crippen LogP contribution in [-0.2, 0) is 0 Å². The first-order valence-corrected chi connectivity index (χ1v) is 9.13. The SMILES string of the molecule is Cc1cnccc1C(=O)Nc1ccc(-c2cc(-c3nnco3)ccc2C)s1. The maximum Gasteiger partial charge on any atom is 0.256 e. The van der Waals surface area contributed by atoms with Crippen LogP contribution in [-0.4, -0.2) is 21.1 Å². The molecule has 1 aromatic carbocycles. The third-order valence-corrected chi connectivity index (χ3v) is 5.25. The van der Waals surface area contributed by atoms with E-state index < -0.39 is 0 Å². The fraction of sp³-hybridized carbons (Fsp3) is 0.100. The Bertz CT molecular complexity index is 1100. The molecule has 0 saturated heterocycles. The lowest BCUT2D eigenvalue weighted by Gasteiger charge is -2.06. The molecule has 4 aromatic rings. The number of hydrogen-bond acceptors (Lipinski definition) is 6. The lowest BCUT2D eigenvalue weighted by atomic mass is 10.0. The van der Waals surface area contributed by atoms with Crippen LogP contribution in [0.3, 0.4) is 0 Å². The van der Waals surface area contributed by atoms with Gasteiger partial charge in [0.2, 0.25) is 12.3 Å². The second-order valence-electron chi connectivity index (χ2n) is 6.08. The highest BCUT2D eigenvalue weighted by atomic mass is 32.1. The molecule has 3 heterocycles. The molecule has 0 fully saturated rings. The third-order valence-electron chi connectivity index (χ3n) is 4.22. The minimum absolute atomic E-state index is 0.139. The summed E-state index contributed by atoms with van der Waals surface area (Å²) in [7, 11) is 0. The van der Waals surface area contributed by atoms with Gasteiger partial charge in [-0.1, -0.05) is 6.07 Å². The van der Waals surface area contributed by atoms with Crippen molar-refractivity contribution in [2.45, 2.75) is 13.8 Å². The normalized spacial score (nSPS) is 10.7. The molecule has 7 heteroatoms.